The molecule has 1 aliphatic heterocycles. The maximum absolute atomic E-state index is 15.0. The van der Waals surface area contributed by atoms with Gasteiger partial charge in [0.25, 0.3) is 0 Å². The Kier molecular flexibility index (Phi) is 21.9. The molecule has 6 rings (SSSR count). The Morgan fingerprint density at radius 1 is 0.613 bits per heavy atom. The summed E-state index contributed by atoms with van der Waals surface area (Å²) >= 11 is 0. The summed E-state index contributed by atoms with van der Waals surface area (Å²) in [5.74, 6) is -7.84. The summed E-state index contributed by atoms with van der Waals surface area (Å²) in [5.41, 5.74) is 15.8. The van der Waals surface area contributed by atoms with E-state index in [1.54, 1.807) is 52.2 Å². The van der Waals surface area contributed by atoms with Crippen LogP contribution in [0.4, 0.5) is 0 Å². The van der Waals surface area contributed by atoms with Crippen LogP contribution < -0.4 is 43.4 Å². The first-order chi connectivity index (χ1) is 38.2. The molecular formula is C59H79N11O10. The number of amides is 8. The van der Waals surface area contributed by atoms with E-state index in [0.717, 1.165) is 32.9 Å². The Hall–Kier alpha value is -8.07. The van der Waals surface area contributed by atoms with E-state index in [1.807, 2.05) is 80.6 Å². The molecule has 13 N–H and O–H groups in total. The molecule has 3 aromatic carbocycles. The molecule has 0 spiro atoms. The number of H-pyrrole nitrogens is 2. The standard InChI is InChI=1S/C59H79N11O10/c1-7-34(5)50(68-52(72)41(60)29-37-31-62-42-21-14-12-19-39(37)42)57(77)66-46(28-36-17-10-9-11-18-36)58(78)70-26-16-23-48(70)55(75)65-45(30-38-32-63-43-22-15-13-20-40(38)43)54(74)69-51(35(6)8-2)56(76)64-44(24-25-49(61)71)53(73)67-47(59(79)80)27-33(3)4/h9-15,17-22,31-35,41,44-48,50-51,62-63H,7-8,16,23-30,60H2,1-6H3,(H2,61,71)(H,64,76)(H,65,75)(H,66,77)(H,67,73)(H,68,72)(H,69,74)(H,79,80)/t34-,35-,41-,44-,45-,46-,47-,48-,50-,51-/m0/s1. The van der Waals surface area contributed by atoms with Gasteiger partial charge in [-0.25, -0.2) is 4.79 Å². The van der Waals surface area contributed by atoms with Crippen LogP contribution in [0.1, 0.15) is 103 Å². The number of likely N-dealkylation sites (tertiary alicyclic amines) is 1. The molecule has 0 unspecified atom stereocenters. The fraction of sp³-hybridized carbons (Fsp3) is 0.475. The van der Waals surface area contributed by atoms with Crippen molar-refractivity contribution in [1.29, 1.82) is 0 Å². The third-order valence-corrected chi connectivity index (χ3v) is 15.1. The number of hydrogen-bond acceptors (Lipinski definition) is 10. The van der Waals surface area contributed by atoms with Gasteiger partial charge in [-0.3, -0.25) is 38.4 Å². The van der Waals surface area contributed by atoms with Crippen molar-refractivity contribution in [3.05, 3.63) is 108 Å². The quantitative estimate of drug-likeness (QED) is 0.0330. The third-order valence-electron chi connectivity index (χ3n) is 15.1. The first kappa shape index (κ1) is 61.1. The lowest BCUT2D eigenvalue weighted by Gasteiger charge is -2.32. The largest absolute Gasteiger partial charge is 0.480 e. The normalized spacial score (nSPS) is 16.8. The number of hydrogen-bond donors (Lipinski definition) is 11. The minimum Gasteiger partial charge on any atom is -0.480 e. The van der Waals surface area contributed by atoms with Gasteiger partial charge in [0, 0.05) is 60.0 Å². The van der Waals surface area contributed by atoms with Crippen molar-refractivity contribution in [2.75, 3.05) is 6.54 Å². The van der Waals surface area contributed by atoms with E-state index in [-0.39, 0.29) is 63.3 Å². The number of carboxylic acids is 1. The second-order valence-electron chi connectivity index (χ2n) is 21.6. The Morgan fingerprint density at radius 2 is 1.12 bits per heavy atom. The van der Waals surface area contributed by atoms with E-state index in [0.29, 0.717) is 24.8 Å². The number of para-hydroxylation sites is 2. The predicted molar refractivity (Wildman–Crippen MR) is 303 cm³/mol. The highest BCUT2D eigenvalue weighted by Crippen LogP contribution is 2.24. The summed E-state index contributed by atoms with van der Waals surface area (Å²) in [6, 6.07) is 14.4. The van der Waals surface area contributed by atoms with Gasteiger partial charge < -0.3 is 63.3 Å². The van der Waals surface area contributed by atoms with Crippen LogP contribution in [-0.4, -0.2) is 128 Å². The van der Waals surface area contributed by atoms with E-state index in [2.05, 4.69) is 41.9 Å². The SMILES string of the molecule is CC[C@H](C)[C@H](NC(=O)[C@H](Cc1c[nH]c2ccccc12)NC(=O)[C@@H]1CCCN1C(=O)[C@H](Cc1ccccc1)NC(=O)[C@@H](NC(=O)[C@@H](N)Cc1c[nH]c2ccccc12)[C@@H](C)CC)C(=O)N[C@@H](CCC(N)=O)C(=O)N[C@@H](CC(C)C)C(=O)O. The number of carbonyl (C=O) groups excluding carboxylic acids is 8. The number of benzene rings is 3. The van der Waals surface area contributed by atoms with Crippen LogP contribution in [0, 0.1) is 17.8 Å². The first-order valence-corrected chi connectivity index (χ1v) is 27.7. The van der Waals surface area contributed by atoms with Crippen LogP contribution in [0.5, 0.6) is 0 Å². The fourth-order valence-electron chi connectivity index (χ4n) is 10.1. The number of aromatic nitrogens is 2. The molecule has 5 aromatic rings. The molecule has 10 atom stereocenters. The number of nitrogens with one attached hydrogen (secondary N) is 8. The Morgan fingerprint density at radius 3 is 1.68 bits per heavy atom. The lowest BCUT2D eigenvalue weighted by molar-refractivity contribution is -0.143. The molecule has 1 aliphatic rings. The van der Waals surface area contributed by atoms with Gasteiger partial charge in [-0.05, 0) is 78.7 Å². The van der Waals surface area contributed by atoms with Gasteiger partial charge in [0.1, 0.15) is 42.3 Å². The number of rotatable bonds is 29. The molecule has 0 radical (unpaired) electrons. The highest BCUT2D eigenvalue weighted by molar-refractivity contribution is 5.99. The van der Waals surface area contributed by atoms with Crippen LogP contribution in [0.15, 0.2) is 91.3 Å². The zero-order valence-electron chi connectivity index (χ0n) is 46.5. The summed E-state index contributed by atoms with van der Waals surface area (Å²) < 4.78 is 0. The van der Waals surface area contributed by atoms with Gasteiger partial charge in [-0.15, -0.1) is 0 Å². The van der Waals surface area contributed by atoms with Gasteiger partial charge in [0.2, 0.25) is 47.3 Å². The molecule has 0 bridgehead atoms. The lowest BCUT2D eigenvalue weighted by Crippen LogP contribution is -2.61. The lowest BCUT2D eigenvalue weighted by atomic mass is 9.96. The number of fused-ring (bicyclic) bond motifs is 2. The Labute approximate surface area is 466 Å². The van der Waals surface area contributed by atoms with Crippen LogP contribution >= 0.6 is 0 Å². The van der Waals surface area contributed by atoms with E-state index in [4.69, 9.17) is 11.5 Å². The minimum absolute atomic E-state index is 0.0469. The second-order valence-corrected chi connectivity index (χ2v) is 21.6. The molecule has 8 amide bonds. The molecule has 0 saturated carbocycles. The van der Waals surface area contributed by atoms with E-state index < -0.39 is 107 Å². The highest BCUT2D eigenvalue weighted by Gasteiger charge is 2.41. The zero-order chi connectivity index (χ0) is 58.2. The number of primary amides is 1. The molecular weight excluding hydrogens is 1020 g/mol. The van der Waals surface area contributed by atoms with Crippen LogP contribution in [0.3, 0.4) is 0 Å². The topological polar surface area (TPSA) is 333 Å². The predicted octanol–water partition coefficient (Wildman–Crippen LogP) is 3.39. The van der Waals surface area contributed by atoms with Gasteiger partial charge >= 0.3 is 5.97 Å². The van der Waals surface area contributed by atoms with Crippen molar-refractivity contribution in [2.45, 2.75) is 154 Å². The summed E-state index contributed by atoms with van der Waals surface area (Å²) in [6.45, 7) is 10.9. The average molecular weight is 1100 g/mol. The van der Waals surface area contributed by atoms with Crippen LogP contribution in [-0.2, 0) is 62.4 Å². The first-order valence-electron chi connectivity index (χ1n) is 27.7. The number of aromatic amines is 2. The van der Waals surface area contributed by atoms with Gasteiger partial charge in [-0.1, -0.05) is 121 Å². The average Bonchev–Trinajstić information content (AvgIpc) is 4.21. The maximum Gasteiger partial charge on any atom is 0.326 e. The number of carbonyl (C=O) groups is 9. The van der Waals surface area contributed by atoms with Crippen molar-refractivity contribution in [3.63, 3.8) is 0 Å². The van der Waals surface area contributed by atoms with Gasteiger partial charge in [-0.2, -0.15) is 0 Å². The molecule has 430 valence electrons. The van der Waals surface area contributed by atoms with Gasteiger partial charge in [0.05, 0.1) is 6.04 Å². The number of nitrogens with zero attached hydrogens (tertiary/aromatic N) is 1. The monoisotopic (exact) mass is 1100 g/mol. The van der Waals surface area contributed by atoms with E-state index >= 15 is 0 Å². The molecule has 1 saturated heterocycles. The third kappa shape index (κ3) is 16.3. The summed E-state index contributed by atoms with van der Waals surface area (Å²) in [7, 11) is 0. The number of carboxylic acid groups (broad SMARTS) is 1. The number of aliphatic carboxylic acids is 1. The van der Waals surface area contributed by atoms with Crippen molar-refractivity contribution >= 4 is 75.0 Å². The molecule has 2 aromatic heterocycles. The molecule has 1 fully saturated rings. The summed E-state index contributed by atoms with van der Waals surface area (Å²) in [5, 5.41) is 28.2. The fourth-order valence-corrected chi connectivity index (χ4v) is 10.1. The van der Waals surface area contributed by atoms with Crippen molar-refractivity contribution in [2.24, 2.45) is 29.2 Å². The Balaban J connectivity index is 1.24. The van der Waals surface area contributed by atoms with Crippen LogP contribution in [0.25, 0.3) is 21.8 Å². The summed E-state index contributed by atoms with van der Waals surface area (Å²) in [4.78, 5) is 133. The van der Waals surface area contributed by atoms with Crippen molar-refractivity contribution in [3.8, 4) is 0 Å². The zero-order valence-corrected chi connectivity index (χ0v) is 46.5. The smallest absolute Gasteiger partial charge is 0.326 e. The molecule has 80 heavy (non-hydrogen) atoms. The summed E-state index contributed by atoms with van der Waals surface area (Å²) in [6.07, 6.45) is 4.73. The Bertz CT molecular complexity index is 2980. The maximum atomic E-state index is 15.0. The van der Waals surface area contributed by atoms with Crippen molar-refractivity contribution < 1.29 is 48.3 Å². The highest BCUT2D eigenvalue weighted by atomic mass is 16.4. The second kappa shape index (κ2) is 28.7. The van der Waals surface area contributed by atoms with E-state index in [1.165, 1.54) is 4.90 Å². The molecule has 21 heteroatoms. The molecule has 21 nitrogen and oxygen atoms in total. The van der Waals surface area contributed by atoms with Crippen LogP contribution in [0.2, 0.25) is 0 Å². The van der Waals surface area contributed by atoms with Crippen molar-refractivity contribution in [1.82, 2.24) is 46.8 Å². The molecule has 0 aliphatic carbocycles. The van der Waals surface area contributed by atoms with Gasteiger partial charge in [0.15, 0.2) is 0 Å². The van der Waals surface area contributed by atoms with E-state index in [9.17, 15) is 48.3 Å². The minimum atomic E-state index is -1.41. The number of nitrogens with two attached hydrogens (primary N) is 2. The molecule has 3 heterocycles.